The molecule has 1 N–H and O–H groups in total. The average Bonchev–Trinajstić information content (AvgIpc) is 2.93. The Morgan fingerprint density at radius 1 is 1.22 bits per heavy atom. The molecule has 2 saturated heterocycles. The number of nitrogens with zero attached hydrogens (tertiary/aromatic N) is 3. The monoisotopic (exact) mass is 266 g/mol. The van der Waals surface area contributed by atoms with Crippen molar-refractivity contribution in [3.05, 3.63) is 17.5 Å². The van der Waals surface area contributed by atoms with Gasteiger partial charge in [0.05, 0.1) is 12.4 Å². The molecule has 0 aliphatic carbocycles. The molecule has 0 saturated carbocycles. The van der Waals surface area contributed by atoms with E-state index in [0.29, 0.717) is 5.15 Å². The first-order valence-corrected chi connectivity index (χ1v) is 7.16. The summed E-state index contributed by atoms with van der Waals surface area (Å²) in [4.78, 5) is 10.7. The summed E-state index contributed by atoms with van der Waals surface area (Å²) in [5.41, 5.74) is 0. The van der Waals surface area contributed by atoms with Crippen LogP contribution in [0.4, 0.5) is 5.82 Å². The molecule has 0 radical (unpaired) electrons. The molecule has 1 unspecified atom stereocenters. The van der Waals surface area contributed by atoms with Crippen molar-refractivity contribution in [2.75, 3.05) is 24.5 Å². The summed E-state index contributed by atoms with van der Waals surface area (Å²) in [6.45, 7) is 3.33. The van der Waals surface area contributed by atoms with Crippen LogP contribution in [0.2, 0.25) is 5.15 Å². The predicted molar refractivity (Wildman–Crippen MR) is 73.0 cm³/mol. The highest BCUT2D eigenvalue weighted by molar-refractivity contribution is 6.29. The Morgan fingerprint density at radius 3 is 2.72 bits per heavy atom. The number of piperidine rings is 1. The van der Waals surface area contributed by atoms with Crippen molar-refractivity contribution in [1.29, 1.82) is 0 Å². The summed E-state index contributed by atoms with van der Waals surface area (Å²) < 4.78 is 0. The lowest BCUT2D eigenvalue weighted by atomic mass is 9.88. The van der Waals surface area contributed by atoms with E-state index in [2.05, 4.69) is 20.2 Å². The van der Waals surface area contributed by atoms with Gasteiger partial charge in [0.15, 0.2) is 0 Å². The standard InChI is InChI=1S/C13H19ClN4/c14-12-8-15-9-13(17-12)18-6-3-10(4-7-18)11-2-1-5-16-11/h8-11,16H,1-7H2. The van der Waals surface area contributed by atoms with Crippen LogP contribution in [-0.2, 0) is 0 Å². The Kier molecular flexibility index (Phi) is 3.66. The highest BCUT2D eigenvalue weighted by atomic mass is 35.5. The second-order valence-electron chi connectivity index (χ2n) is 5.23. The van der Waals surface area contributed by atoms with Gasteiger partial charge in [0.25, 0.3) is 0 Å². The largest absolute Gasteiger partial charge is 0.355 e. The maximum atomic E-state index is 5.89. The molecular weight excluding hydrogens is 248 g/mol. The van der Waals surface area contributed by atoms with Crippen molar-refractivity contribution in [3.63, 3.8) is 0 Å². The van der Waals surface area contributed by atoms with Crippen molar-refractivity contribution in [2.45, 2.75) is 31.7 Å². The summed E-state index contributed by atoms with van der Waals surface area (Å²) in [6.07, 6.45) is 8.56. The van der Waals surface area contributed by atoms with E-state index < -0.39 is 0 Å². The van der Waals surface area contributed by atoms with E-state index in [1.807, 2.05) is 0 Å². The van der Waals surface area contributed by atoms with Crippen molar-refractivity contribution in [3.8, 4) is 0 Å². The molecule has 2 aliphatic rings. The van der Waals surface area contributed by atoms with Crippen LogP contribution in [0, 0.1) is 5.92 Å². The van der Waals surface area contributed by atoms with E-state index in [4.69, 9.17) is 11.6 Å². The van der Waals surface area contributed by atoms with Crippen LogP contribution >= 0.6 is 11.6 Å². The molecule has 2 aliphatic heterocycles. The Bertz CT molecular complexity index is 398. The van der Waals surface area contributed by atoms with Gasteiger partial charge in [-0.05, 0) is 38.1 Å². The number of hydrogen-bond acceptors (Lipinski definition) is 4. The van der Waals surface area contributed by atoms with Crippen molar-refractivity contribution >= 4 is 17.4 Å². The van der Waals surface area contributed by atoms with Crippen molar-refractivity contribution < 1.29 is 0 Å². The third-order valence-corrected chi connectivity index (χ3v) is 4.31. The average molecular weight is 267 g/mol. The number of rotatable bonds is 2. The molecule has 0 spiro atoms. The molecule has 0 bridgehead atoms. The molecule has 98 valence electrons. The minimum absolute atomic E-state index is 0.479. The molecule has 3 heterocycles. The van der Waals surface area contributed by atoms with E-state index in [1.165, 1.54) is 32.2 Å². The number of aromatic nitrogens is 2. The Labute approximate surface area is 113 Å². The first-order chi connectivity index (χ1) is 8.83. The highest BCUT2D eigenvalue weighted by Crippen LogP contribution is 2.27. The van der Waals surface area contributed by atoms with Crippen LogP contribution < -0.4 is 10.2 Å². The predicted octanol–water partition coefficient (Wildman–Crippen LogP) is 2.10. The van der Waals surface area contributed by atoms with Crippen LogP contribution in [0.3, 0.4) is 0 Å². The summed E-state index contributed by atoms with van der Waals surface area (Å²) in [7, 11) is 0. The zero-order chi connectivity index (χ0) is 12.4. The molecule has 1 aromatic heterocycles. The number of anilines is 1. The fraction of sp³-hybridized carbons (Fsp3) is 0.692. The highest BCUT2D eigenvalue weighted by Gasteiger charge is 2.28. The molecule has 0 aromatic carbocycles. The van der Waals surface area contributed by atoms with Gasteiger partial charge in [0, 0.05) is 19.1 Å². The second-order valence-corrected chi connectivity index (χ2v) is 5.61. The van der Waals surface area contributed by atoms with Crippen LogP contribution in [0.15, 0.2) is 12.4 Å². The third-order valence-electron chi connectivity index (χ3n) is 4.12. The molecule has 5 heteroatoms. The second kappa shape index (κ2) is 5.41. The Balaban J connectivity index is 1.59. The summed E-state index contributed by atoms with van der Waals surface area (Å²) >= 11 is 5.89. The topological polar surface area (TPSA) is 41.1 Å². The maximum Gasteiger partial charge on any atom is 0.149 e. The number of hydrogen-bond donors (Lipinski definition) is 1. The van der Waals surface area contributed by atoms with Crippen LogP contribution in [0.25, 0.3) is 0 Å². The summed E-state index contributed by atoms with van der Waals surface area (Å²) in [6, 6.07) is 0.748. The van der Waals surface area contributed by atoms with Gasteiger partial charge < -0.3 is 10.2 Å². The van der Waals surface area contributed by atoms with Gasteiger partial charge in [-0.3, -0.25) is 4.98 Å². The van der Waals surface area contributed by atoms with Crippen LogP contribution in [-0.4, -0.2) is 35.6 Å². The van der Waals surface area contributed by atoms with Gasteiger partial charge in [-0.2, -0.15) is 0 Å². The van der Waals surface area contributed by atoms with Gasteiger partial charge in [0.1, 0.15) is 11.0 Å². The van der Waals surface area contributed by atoms with E-state index >= 15 is 0 Å². The van der Waals surface area contributed by atoms with E-state index in [1.54, 1.807) is 12.4 Å². The van der Waals surface area contributed by atoms with Crippen molar-refractivity contribution in [1.82, 2.24) is 15.3 Å². The Hall–Kier alpha value is -0.870. The van der Waals surface area contributed by atoms with E-state index in [-0.39, 0.29) is 0 Å². The lowest BCUT2D eigenvalue weighted by Crippen LogP contribution is -2.41. The molecule has 0 amide bonds. The van der Waals surface area contributed by atoms with Crippen molar-refractivity contribution in [2.24, 2.45) is 5.92 Å². The molecule has 3 rings (SSSR count). The lowest BCUT2D eigenvalue weighted by Gasteiger charge is -2.35. The van der Waals surface area contributed by atoms with Gasteiger partial charge in [0.2, 0.25) is 0 Å². The summed E-state index contributed by atoms with van der Waals surface area (Å²) in [5, 5.41) is 4.10. The third kappa shape index (κ3) is 2.59. The molecule has 1 aromatic rings. The van der Waals surface area contributed by atoms with E-state index in [9.17, 15) is 0 Å². The molecule has 2 fully saturated rings. The molecule has 18 heavy (non-hydrogen) atoms. The number of halogens is 1. The molecule has 4 nitrogen and oxygen atoms in total. The van der Waals surface area contributed by atoms with Gasteiger partial charge in [-0.25, -0.2) is 4.98 Å². The quantitative estimate of drug-likeness (QED) is 0.890. The van der Waals surface area contributed by atoms with Gasteiger partial charge in [-0.15, -0.1) is 0 Å². The first kappa shape index (κ1) is 12.2. The van der Waals surface area contributed by atoms with Gasteiger partial charge in [-0.1, -0.05) is 11.6 Å². The normalized spacial score (nSPS) is 25.6. The van der Waals surface area contributed by atoms with E-state index in [0.717, 1.165) is 30.9 Å². The summed E-state index contributed by atoms with van der Waals surface area (Å²) in [5.74, 6) is 1.75. The lowest BCUT2D eigenvalue weighted by molar-refractivity contribution is 0.318. The zero-order valence-electron chi connectivity index (χ0n) is 10.5. The molecular formula is C13H19ClN4. The smallest absolute Gasteiger partial charge is 0.149 e. The minimum Gasteiger partial charge on any atom is -0.355 e. The van der Waals surface area contributed by atoms with Crippen LogP contribution in [0.1, 0.15) is 25.7 Å². The maximum absolute atomic E-state index is 5.89. The SMILES string of the molecule is Clc1cncc(N2CCC(C3CCCN3)CC2)n1. The zero-order valence-corrected chi connectivity index (χ0v) is 11.2. The fourth-order valence-electron chi connectivity index (χ4n) is 3.13. The molecule has 1 atom stereocenters. The minimum atomic E-state index is 0.479. The fourth-order valence-corrected chi connectivity index (χ4v) is 3.27. The Morgan fingerprint density at radius 2 is 2.06 bits per heavy atom. The van der Waals surface area contributed by atoms with Gasteiger partial charge >= 0.3 is 0 Å². The first-order valence-electron chi connectivity index (χ1n) is 6.79. The van der Waals surface area contributed by atoms with Crippen LogP contribution in [0.5, 0.6) is 0 Å². The number of nitrogens with one attached hydrogen (secondary N) is 1.